The molecule has 0 aliphatic carbocycles. The highest BCUT2D eigenvalue weighted by molar-refractivity contribution is 9.10. The van der Waals surface area contributed by atoms with Crippen molar-refractivity contribution in [1.82, 2.24) is 15.2 Å². The van der Waals surface area contributed by atoms with E-state index in [-0.39, 0.29) is 0 Å². The molecule has 0 fully saturated rings. The lowest BCUT2D eigenvalue weighted by Crippen LogP contribution is -1.82. The second kappa shape index (κ2) is 3.88. The van der Waals surface area contributed by atoms with Crippen LogP contribution in [0.2, 0.25) is 0 Å². The molecule has 2 rings (SSSR count). The maximum absolute atomic E-state index is 5.36. The number of rotatable bonds is 2. The first-order valence-corrected chi connectivity index (χ1v) is 5.03. The molecule has 0 unspecified atom stereocenters. The van der Waals surface area contributed by atoms with Crippen LogP contribution in [0, 0.1) is 0 Å². The van der Waals surface area contributed by atoms with Crippen LogP contribution < -0.4 is 0 Å². The lowest BCUT2D eigenvalue weighted by molar-refractivity contribution is 0.511. The zero-order chi connectivity index (χ0) is 9.97. The van der Waals surface area contributed by atoms with E-state index in [2.05, 4.69) is 31.1 Å². The van der Waals surface area contributed by atoms with E-state index in [1.165, 1.54) is 0 Å². The lowest BCUT2D eigenvalue weighted by atomic mass is 10.3. The van der Waals surface area contributed by atoms with Gasteiger partial charge in [0, 0.05) is 17.1 Å². The molecule has 0 amide bonds. The molecule has 5 heteroatoms. The SMILES string of the molecule is CCc1nnc(-c2ccc(Br)cn2)o1. The van der Waals surface area contributed by atoms with Crippen molar-refractivity contribution in [2.75, 3.05) is 0 Å². The van der Waals surface area contributed by atoms with Crippen LogP contribution in [0.4, 0.5) is 0 Å². The molecule has 0 saturated carbocycles. The highest BCUT2D eigenvalue weighted by Crippen LogP contribution is 2.17. The summed E-state index contributed by atoms with van der Waals surface area (Å²) in [5.41, 5.74) is 0.695. The molecule has 0 aliphatic rings. The average Bonchev–Trinajstić information content (AvgIpc) is 2.67. The van der Waals surface area contributed by atoms with Crippen molar-refractivity contribution in [3.63, 3.8) is 0 Å². The monoisotopic (exact) mass is 253 g/mol. The van der Waals surface area contributed by atoms with E-state index in [9.17, 15) is 0 Å². The predicted octanol–water partition coefficient (Wildman–Crippen LogP) is 2.46. The summed E-state index contributed by atoms with van der Waals surface area (Å²) in [5.74, 6) is 1.10. The van der Waals surface area contributed by atoms with Gasteiger partial charge < -0.3 is 4.42 Å². The number of pyridine rings is 1. The van der Waals surface area contributed by atoms with Gasteiger partial charge in [0.05, 0.1) is 0 Å². The van der Waals surface area contributed by atoms with Crippen molar-refractivity contribution in [2.24, 2.45) is 0 Å². The first-order valence-electron chi connectivity index (χ1n) is 4.24. The third-order valence-corrected chi connectivity index (χ3v) is 2.18. The van der Waals surface area contributed by atoms with Gasteiger partial charge in [-0.3, -0.25) is 0 Å². The van der Waals surface area contributed by atoms with E-state index in [0.717, 1.165) is 10.9 Å². The molecular formula is C9H8BrN3O. The Morgan fingerprint density at radius 3 is 2.79 bits per heavy atom. The minimum absolute atomic E-state index is 0.467. The number of aryl methyl sites for hydroxylation is 1. The van der Waals surface area contributed by atoms with Gasteiger partial charge in [0.2, 0.25) is 5.89 Å². The highest BCUT2D eigenvalue weighted by Gasteiger charge is 2.07. The van der Waals surface area contributed by atoms with E-state index in [1.807, 2.05) is 19.1 Å². The standard InChI is InChI=1S/C9H8BrN3O/c1-2-8-12-13-9(14-8)7-4-3-6(10)5-11-7/h3-5H,2H2,1H3. The van der Waals surface area contributed by atoms with Crippen LogP contribution in [-0.2, 0) is 6.42 Å². The summed E-state index contributed by atoms with van der Waals surface area (Å²) >= 11 is 3.31. The Labute approximate surface area is 89.5 Å². The Morgan fingerprint density at radius 1 is 1.36 bits per heavy atom. The van der Waals surface area contributed by atoms with Gasteiger partial charge in [-0.25, -0.2) is 4.98 Å². The molecule has 0 aromatic carbocycles. The van der Waals surface area contributed by atoms with Crippen molar-refractivity contribution >= 4 is 15.9 Å². The van der Waals surface area contributed by atoms with Gasteiger partial charge in [-0.2, -0.15) is 0 Å². The average molecular weight is 254 g/mol. The molecule has 2 aromatic heterocycles. The van der Waals surface area contributed by atoms with Gasteiger partial charge in [-0.15, -0.1) is 10.2 Å². The predicted molar refractivity (Wildman–Crippen MR) is 54.6 cm³/mol. The maximum Gasteiger partial charge on any atom is 0.266 e. The highest BCUT2D eigenvalue weighted by atomic mass is 79.9. The maximum atomic E-state index is 5.36. The minimum Gasteiger partial charge on any atom is -0.419 e. The summed E-state index contributed by atoms with van der Waals surface area (Å²) in [7, 11) is 0. The van der Waals surface area contributed by atoms with E-state index < -0.39 is 0 Å². The number of nitrogens with zero attached hydrogens (tertiary/aromatic N) is 3. The summed E-state index contributed by atoms with van der Waals surface area (Å²) in [6.45, 7) is 1.96. The van der Waals surface area contributed by atoms with Gasteiger partial charge in [0.1, 0.15) is 5.69 Å². The largest absolute Gasteiger partial charge is 0.419 e. The summed E-state index contributed by atoms with van der Waals surface area (Å²) in [6, 6.07) is 3.72. The van der Waals surface area contributed by atoms with Crippen LogP contribution in [0.25, 0.3) is 11.6 Å². The Bertz CT molecular complexity index is 424. The van der Waals surface area contributed by atoms with Crippen molar-refractivity contribution in [3.05, 3.63) is 28.7 Å². The van der Waals surface area contributed by atoms with Crippen LogP contribution in [0.3, 0.4) is 0 Å². The van der Waals surface area contributed by atoms with Crippen LogP contribution in [0.1, 0.15) is 12.8 Å². The molecular weight excluding hydrogens is 246 g/mol. The van der Waals surface area contributed by atoms with E-state index in [4.69, 9.17) is 4.42 Å². The normalized spacial score (nSPS) is 10.4. The van der Waals surface area contributed by atoms with E-state index in [0.29, 0.717) is 17.5 Å². The van der Waals surface area contributed by atoms with E-state index in [1.54, 1.807) is 6.20 Å². The van der Waals surface area contributed by atoms with Gasteiger partial charge in [-0.1, -0.05) is 6.92 Å². The molecule has 0 aliphatic heterocycles. The van der Waals surface area contributed by atoms with Crippen molar-refractivity contribution in [2.45, 2.75) is 13.3 Å². The number of hydrogen-bond donors (Lipinski definition) is 0. The van der Waals surface area contributed by atoms with Gasteiger partial charge in [-0.05, 0) is 28.1 Å². The van der Waals surface area contributed by atoms with Gasteiger partial charge >= 0.3 is 0 Å². The fourth-order valence-electron chi connectivity index (χ4n) is 1.00. The molecule has 2 aromatic rings. The molecule has 0 saturated heterocycles. The van der Waals surface area contributed by atoms with Crippen molar-refractivity contribution in [1.29, 1.82) is 0 Å². The fraction of sp³-hybridized carbons (Fsp3) is 0.222. The molecule has 0 radical (unpaired) electrons. The van der Waals surface area contributed by atoms with Crippen LogP contribution >= 0.6 is 15.9 Å². The Balaban J connectivity index is 2.34. The Hall–Kier alpha value is -1.23. The van der Waals surface area contributed by atoms with Crippen LogP contribution in [-0.4, -0.2) is 15.2 Å². The molecule has 14 heavy (non-hydrogen) atoms. The third kappa shape index (κ3) is 1.82. The van der Waals surface area contributed by atoms with Crippen LogP contribution in [0.5, 0.6) is 0 Å². The van der Waals surface area contributed by atoms with Gasteiger partial charge in [0.25, 0.3) is 5.89 Å². The zero-order valence-electron chi connectivity index (χ0n) is 7.57. The number of hydrogen-bond acceptors (Lipinski definition) is 4. The molecule has 4 nitrogen and oxygen atoms in total. The fourth-order valence-corrected chi connectivity index (χ4v) is 1.24. The molecule has 0 N–H and O–H groups in total. The molecule has 0 spiro atoms. The summed E-state index contributed by atoms with van der Waals surface area (Å²) in [4.78, 5) is 4.15. The topological polar surface area (TPSA) is 51.8 Å². The van der Waals surface area contributed by atoms with Crippen LogP contribution in [0.15, 0.2) is 27.2 Å². The smallest absolute Gasteiger partial charge is 0.266 e. The molecule has 0 atom stereocenters. The first kappa shape index (κ1) is 9.33. The number of aromatic nitrogens is 3. The quantitative estimate of drug-likeness (QED) is 0.825. The summed E-state index contributed by atoms with van der Waals surface area (Å²) in [5, 5.41) is 7.76. The first-order chi connectivity index (χ1) is 6.79. The molecule has 72 valence electrons. The third-order valence-electron chi connectivity index (χ3n) is 1.72. The second-order valence-corrected chi connectivity index (χ2v) is 3.63. The summed E-state index contributed by atoms with van der Waals surface area (Å²) in [6.07, 6.45) is 2.44. The van der Waals surface area contributed by atoms with Crippen molar-refractivity contribution < 1.29 is 4.42 Å². The molecule has 2 heterocycles. The van der Waals surface area contributed by atoms with Crippen molar-refractivity contribution in [3.8, 4) is 11.6 Å². The lowest BCUT2D eigenvalue weighted by Gasteiger charge is -1.92. The zero-order valence-corrected chi connectivity index (χ0v) is 9.15. The van der Waals surface area contributed by atoms with Gasteiger partial charge in [0.15, 0.2) is 0 Å². The van der Waals surface area contributed by atoms with E-state index >= 15 is 0 Å². The molecule has 0 bridgehead atoms. The minimum atomic E-state index is 0.467. The second-order valence-electron chi connectivity index (χ2n) is 2.72. The number of halogens is 1. The Morgan fingerprint density at radius 2 is 2.21 bits per heavy atom. The summed E-state index contributed by atoms with van der Waals surface area (Å²) < 4.78 is 6.29. The Kier molecular flexibility index (Phi) is 2.58.